The molecule has 1 aliphatic rings. The Hall–Kier alpha value is -3.40. The SMILES string of the molecule is Cc1cc(CN2CCc3sc(Nc4ncc(F)cn4)nc3-c3cn[nH]c32)ccn1. The highest BCUT2D eigenvalue weighted by Gasteiger charge is 2.25. The first-order valence-corrected chi connectivity index (χ1v) is 9.92. The van der Waals surface area contributed by atoms with Crippen LogP contribution in [0.4, 0.5) is 21.3 Å². The summed E-state index contributed by atoms with van der Waals surface area (Å²) in [6, 6.07) is 4.13. The summed E-state index contributed by atoms with van der Waals surface area (Å²) in [7, 11) is 0. The molecule has 0 radical (unpaired) electrons. The Morgan fingerprint density at radius 3 is 2.93 bits per heavy atom. The molecule has 0 saturated carbocycles. The Bertz CT molecular complexity index is 1150. The Balaban J connectivity index is 1.43. The number of rotatable bonds is 4. The molecule has 0 aromatic carbocycles. The van der Waals surface area contributed by atoms with Gasteiger partial charge in [0.15, 0.2) is 10.9 Å². The number of aromatic amines is 1. The molecule has 8 nitrogen and oxygen atoms in total. The highest BCUT2D eigenvalue weighted by Crippen LogP contribution is 2.39. The second-order valence-electron chi connectivity index (χ2n) is 6.75. The first-order chi connectivity index (χ1) is 14.2. The van der Waals surface area contributed by atoms with Crippen molar-refractivity contribution in [1.82, 2.24) is 30.1 Å². The highest BCUT2D eigenvalue weighted by molar-refractivity contribution is 7.16. The smallest absolute Gasteiger partial charge is 0.229 e. The predicted molar refractivity (Wildman–Crippen MR) is 109 cm³/mol. The van der Waals surface area contributed by atoms with Gasteiger partial charge in [-0.3, -0.25) is 10.1 Å². The van der Waals surface area contributed by atoms with Crippen molar-refractivity contribution in [2.75, 3.05) is 16.8 Å². The van der Waals surface area contributed by atoms with E-state index < -0.39 is 5.82 Å². The third-order valence-electron chi connectivity index (χ3n) is 4.67. The number of anilines is 3. The fourth-order valence-electron chi connectivity index (χ4n) is 3.38. The molecular weight excluding hydrogens is 391 g/mol. The zero-order valence-corrected chi connectivity index (χ0v) is 16.4. The lowest BCUT2D eigenvalue weighted by Crippen LogP contribution is -2.25. The zero-order valence-electron chi connectivity index (χ0n) is 15.6. The molecule has 10 heteroatoms. The molecule has 0 amide bonds. The third-order valence-corrected chi connectivity index (χ3v) is 5.70. The van der Waals surface area contributed by atoms with E-state index in [1.807, 2.05) is 25.4 Å². The molecule has 0 atom stereocenters. The van der Waals surface area contributed by atoms with E-state index in [2.05, 4.69) is 41.4 Å². The summed E-state index contributed by atoms with van der Waals surface area (Å²) in [6.07, 6.45) is 6.75. The van der Waals surface area contributed by atoms with E-state index >= 15 is 0 Å². The van der Waals surface area contributed by atoms with Gasteiger partial charge in [0.2, 0.25) is 5.95 Å². The van der Waals surface area contributed by atoms with E-state index in [0.717, 1.165) is 59.6 Å². The van der Waals surface area contributed by atoms with Crippen molar-refractivity contribution < 1.29 is 4.39 Å². The van der Waals surface area contributed by atoms with Crippen molar-refractivity contribution in [1.29, 1.82) is 0 Å². The van der Waals surface area contributed by atoms with Gasteiger partial charge in [-0.05, 0) is 24.6 Å². The van der Waals surface area contributed by atoms with Gasteiger partial charge >= 0.3 is 0 Å². The van der Waals surface area contributed by atoms with Crippen LogP contribution in [-0.2, 0) is 13.0 Å². The maximum atomic E-state index is 13.0. The number of thiazole rings is 1. The lowest BCUT2D eigenvalue weighted by molar-refractivity contribution is 0.614. The van der Waals surface area contributed by atoms with Crippen molar-refractivity contribution in [2.24, 2.45) is 0 Å². The Morgan fingerprint density at radius 2 is 2.10 bits per heavy atom. The summed E-state index contributed by atoms with van der Waals surface area (Å²) in [5, 5.41) is 11.1. The number of fused-ring (bicyclic) bond motifs is 3. The largest absolute Gasteiger partial charge is 0.352 e. The monoisotopic (exact) mass is 408 g/mol. The Labute approximate surface area is 169 Å². The molecule has 1 aliphatic heterocycles. The van der Waals surface area contributed by atoms with Crippen LogP contribution in [0.15, 0.2) is 36.9 Å². The van der Waals surface area contributed by atoms with Gasteiger partial charge in [-0.1, -0.05) is 0 Å². The minimum absolute atomic E-state index is 0.317. The molecule has 0 fully saturated rings. The van der Waals surface area contributed by atoms with Gasteiger partial charge in [0, 0.05) is 36.3 Å². The van der Waals surface area contributed by atoms with E-state index in [0.29, 0.717) is 11.1 Å². The molecule has 0 unspecified atom stereocenters. The molecule has 0 saturated heterocycles. The van der Waals surface area contributed by atoms with Crippen LogP contribution in [-0.4, -0.2) is 36.7 Å². The third kappa shape index (κ3) is 3.54. The summed E-state index contributed by atoms with van der Waals surface area (Å²) in [5.41, 5.74) is 4.07. The molecule has 29 heavy (non-hydrogen) atoms. The van der Waals surface area contributed by atoms with Crippen molar-refractivity contribution in [2.45, 2.75) is 19.9 Å². The molecule has 0 bridgehead atoms. The van der Waals surface area contributed by atoms with Crippen LogP contribution in [0, 0.1) is 12.7 Å². The van der Waals surface area contributed by atoms with Crippen LogP contribution in [0.25, 0.3) is 11.3 Å². The normalized spacial score (nSPS) is 13.0. The standard InChI is InChI=1S/C19H17FN8S/c1-11-6-12(2-4-21-11)10-28-5-3-15-16(14-9-24-27-17(14)28)25-19(29-15)26-18-22-7-13(20)8-23-18/h2,4,6-9H,3,5,10H2,1H3,(H,24,27)(H,22,23,25,26). The number of hydrogen-bond acceptors (Lipinski definition) is 8. The molecule has 5 rings (SSSR count). The number of hydrogen-bond donors (Lipinski definition) is 2. The first-order valence-electron chi connectivity index (χ1n) is 9.10. The molecule has 4 aromatic rings. The van der Waals surface area contributed by atoms with E-state index in [4.69, 9.17) is 4.98 Å². The van der Waals surface area contributed by atoms with Crippen molar-refractivity contribution in [3.8, 4) is 11.3 Å². The molecule has 2 N–H and O–H groups in total. The van der Waals surface area contributed by atoms with Gasteiger partial charge in [-0.2, -0.15) is 5.10 Å². The van der Waals surface area contributed by atoms with E-state index in [1.54, 1.807) is 11.3 Å². The van der Waals surface area contributed by atoms with E-state index in [9.17, 15) is 4.39 Å². The fourth-order valence-corrected chi connectivity index (χ4v) is 4.34. The van der Waals surface area contributed by atoms with Gasteiger partial charge in [0.05, 0.1) is 29.8 Å². The minimum Gasteiger partial charge on any atom is -0.352 e. The van der Waals surface area contributed by atoms with E-state index in [1.165, 1.54) is 5.56 Å². The van der Waals surface area contributed by atoms with Gasteiger partial charge in [0.25, 0.3) is 0 Å². The van der Waals surface area contributed by atoms with Crippen LogP contribution >= 0.6 is 11.3 Å². The topological polar surface area (TPSA) is 95.5 Å². The number of pyridine rings is 1. The average molecular weight is 408 g/mol. The number of nitrogens with zero attached hydrogens (tertiary/aromatic N) is 6. The summed E-state index contributed by atoms with van der Waals surface area (Å²) in [5.74, 6) is 0.795. The number of H-pyrrole nitrogens is 1. The van der Waals surface area contributed by atoms with Crippen molar-refractivity contribution >= 4 is 28.2 Å². The molecule has 0 aliphatic carbocycles. The fraction of sp³-hybridized carbons (Fsp3) is 0.211. The Morgan fingerprint density at radius 1 is 1.24 bits per heavy atom. The summed E-state index contributed by atoms with van der Waals surface area (Å²) in [4.78, 5) is 20.3. The molecular formula is C19H17FN8S. The second-order valence-corrected chi connectivity index (χ2v) is 7.83. The van der Waals surface area contributed by atoms with Crippen molar-refractivity contribution in [3.05, 3.63) is 58.9 Å². The highest BCUT2D eigenvalue weighted by atomic mass is 32.1. The first kappa shape index (κ1) is 17.7. The maximum Gasteiger partial charge on any atom is 0.229 e. The lowest BCUT2D eigenvalue weighted by Gasteiger charge is -2.22. The van der Waals surface area contributed by atoms with E-state index in [-0.39, 0.29) is 0 Å². The lowest BCUT2D eigenvalue weighted by atomic mass is 10.2. The molecule has 4 aromatic heterocycles. The van der Waals surface area contributed by atoms with Crippen LogP contribution in [0.1, 0.15) is 16.1 Å². The quantitative estimate of drug-likeness (QED) is 0.534. The number of aromatic nitrogens is 6. The Kier molecular flexibility index (Phi) is 4.39. The van der Waals surface area contributed by atoms with Crippen LogP contribution in [0.2, 0.25) is 0 Å². The summed E-state index contributed by atoms with van der Waals surface area (Å²) >= 11 is 1.55. The second kappa shape index (κ2) is 7.21. The zero-order chi connectivity index (χ0) is 19.8. The molecule has 0 spiro atoms. The van der Waals surface area contributed by atoms with Crippen LogP contribution < -0.4 is 10.2 Å². The number of halogens is 1. The molecule has 5 heterocycles. The van der Waals surface area contributed by atoms with Crippen LogP contribution in [0.5, 0.6) is 0 Å². The van der Waals surface area contributed by atoms with Crippen LogP contribution in [0.3, 0.4) is 0 Å². The van der Waals surface area contributed by atoms with Crippen molar-refractivity contribution in [3.63, 3.8) is 0 Å². The van der Waals surface area contributed by atoms with Gasteiger partial charge in [0.1, 0.15) is 5.82 Å². The summed E-state index contributed by atoms with van der Waals surface area (Å²) in [6.45, 7) is 3.59. The summed E-state index contributed by atoms with van der Waals surface area (Å²) < 4.78 is 13.0. The van der Waals surface area contributed by atoms with Gasteiger partial charge < -0.3 is 10.2 Å². The maximum absolute atomic E-state index is 13.0. The van der Waals surface area contributed by atoms with Gasteiger partial charge in [-0.15, -0.1) is 11.3 Å². The number of aryl methyl sites for hydroxylation is 1. The minimum atomic E-state index is -0.474. The van der Waals surface area contributed by atoms with Gasteiger partial charge in [-0.25, -0.2) is 19.3 Å². The number of nitrogens with one attached hydrogen (secondary N) is 2. The predicted octanol–water partition coefficient (Wildman–Crippen LogP) is 3.47. The average Bonchev–Trinajstić information content (AvgIpc) is 3.31. The molecule has 146 valence electrons.